The van der Waals surface area contributed by atoms with Gasteiger partial charge in [0.2, 0.25) is 0 Å². The highest BCUT2D eigenvalue weighted by Gasteiger charge is 2.29. The third kappa shape index (κ3) is 3.70. The van der Waals surface area contributed by atoms with Gasteiger partial charge in [-0.3, -0.25) is 0 Å². The lowest BCUT2D eigenvalue weighted by Gasteiger charge is -2.18. The second kappa shape index (κ2) is 7.85. The highest BCUT2D eigenvalue weighted by molar-refractivity contribution is 5.79. The van der Waals surface area contributed by atoms with Gasteiger partial charge in [0, 0.05) is 18.9 Å². The number of hydrogen-bond acceptors (Lipinski definition) is 3. The maximum absolute atomic E-state index is 12.3. The Morgan fingerprint density at radius 1 is 1.19 bits per heavy atom. The molecule has 2 aromatic carbocycles. The number of ether oxygens (including phenoxy) is 2. The van der Waals surface area contributed by atoms with Crippen molar-refractivity contribution >= 4 is 6.09 Å². The third-order valence-electron chi connectivity index (χ3n) is 5.36. The van der Waals surface area contributed by atoms with Gasteiger partial charge in [0.1, 0.15) is 6.61 Å². The van der Waals surface area contributed by atoms with Crippen LogP contribution < -0.4 is 5.32 Å². The quantitative estimate of drug-likeness (QED) is 0.816. The number of alkyl carbamates (subject to hydrolysis) is 1. The molecule has 0 aromatic heterocycles. The number of rotatable bonds is 5. The summed E-state index contributed by atoms with van der Waals surface area (Å²) in [5.74, 6) is 2.67. The van der Waals surface area contributed by atoms with Crippen molar-refractivity contribution in [2.24, 2.45) is 0 Å². The van der Waals surface area contributed by atoms with Crippen molar-refractivity contribution in [1.29, 1.82) is 0 Å². The van der Waals surface area contributed by atoms with Gasteiger partial charge in [-0.1, -0.05) is 54.5 Å². The number of terminal acetylenes is 1. The minimum atomic E-state index is -0.474. The Morgan fingerprint density at radius 3 is 2.44 bits per heavy atom. The summed E-state index contributed by atoms with van der Waals surface area (Å²) in [5, 5.41) is 2.79. The minimum Gasteiger partial charge on any atom is -0.449 e. The molecule has 4 rings (SSSR count). The zero-order chi connectivity index (χ0) is 18.6. The molecule has 4 heteroatoms. The van der Waals surface area contributed by atoms with Crippen LogP contribution in [0.4, 0.5) is 4.79 Å². The summed E-state index contributed by atoms with van der Waals surface area (Å²) in [6.07, 6.45) is 7.88. The van der Waals surface area contributed by atoms with Gasteiger partial charge < -0.3 is 14.8 Å². The van der Waals surface area contributed by atoms with Crippen LogP contribution in [-0.4, -0.2) is 31.5 Å². The van der Waals surface area contributed by atoms with Crippen molar-refractivity contribution in [2.45, 2.75) is 37.3 Å². The number of carbonyl (C=O) groups excluding carboxylic acids is 1. The molecular formula is C23H23NO3. The van der Waals surface area contributed by atoms with Crippen LogP contribution in [0.25, 0.3) is 11.1 Å². The lowest BCUT2D eigenvalue weighted by atomic mass is 9.98. The zero-order valence-electron chi connectivity index (χ0n) is 15.2. The standard InChI is InChI=1S/C23H23NO3/c1-2-16(14-17-8-7-13-26-17)24-23(25)27-15-22-20-11-5-3-9-18(20)19-10-4-6-12-21(19)22/h1,3-6,9-12,16-17,22H,7-8,13-15H2,(H,24,25). The van der Waals surface area contributed by atoms with E-state index in [1.807, 2.05) is 24.3 Å². The molecule has 138 valence electrons. The van der Waals surface area contributed by atoms with E-state index >= 15 is 0 Å². The number of amides is 1. The van der Waals surface area contributed by atoms with Gasteiger partial charge in [0.25, 0.3) is 0 Å². The topological polar surface area (TPSA) is 47.6 Å². The second-order valence-corrected chi connectivity index (χ2v) is 7.06. The van der Waals surface area contributed by atoms with E-state index in [1.165, 1.54) is 22.3 Å². The zero-order valence-corrected chi connectivity index (χ0v) is 15.2. The van der Waals surface area contributed by atoms with Crippen LogP contribution in [0.3, 0.4) is 0 Å². The Morgan fingerprint density at radius 2 is 1.85 bits per heavy atom. The molecule has 1 fully saturated rings. The van der Waals surface area contributed by atoms with E-state index in [-0.39, 0.29) is 24.7 Å². The summed E-state index contributed by atoms with van der Waals surface area (Å²) in [4.78, 5) is 12.3. The second-order valence-electron chi connectivity index (χ2n) is 7.06. The lowest BCUT2D eigenvalue weighted by molar-refractivity contribution is 0.0964. The van der Waals surface area contributed by atoms with Crippen molar-refractivity contribution in [3.05, 3.63) is 59.7 Å². The summed E-state index contributed by atoms with van der Waals surface area (Å²) < 4.78 is 11.1. The van der Waals surface area contributed by atoms with E-state index in [0.717, 1.165) is 19.4 Å². The number of fused-ring (bicyclic) bond motifs is 3. The average molecular weight is 361 g/mol. The fraction of sp³-hybridized carbons (Fsp3) is 0.348. The molecule has 2 unspecified atom stereocenters. The third-order valence-corrected chi connectivity index (χ3v) is 5.36. The predicted octanol–water partition coefficient (Wildman–Crippen LogP) is 4.10. The van der Waals surface area contributed by atoms with Crippen LogP contribution >= 0.6 is 0 Å². The Bertz CT molecular complexity index is 818. The van der Waals surface area contributed by atoms with Gasteiger partial charge in [-0.25, -0.2) is 4.79 Å². The maximum Gasteiger partial charge on any atom is 0.408 e. The molecule has 0 bridgehead atoms. The van der Waals surface area contributed by atoms with E-state index in [4.69, 9.17) is 15.9 Å². The Kier molecular flexibility index (Phi) is 5.13. The minimum absolute atomic E-state index is 0.0469. The van der Waals surface area contributed by atoms with Crippen molar-refractivity contribution in [1.82, 2.24) is 5.32 Å². The van der Waals surface area contributed by atoms with Crippen LogP contribution in [0, 0.1) is 12.3 Å². The molecule has 0 spiro atoms. The van der Waals surface area contributed by atoms with Crippen molar-refractivity contribution < 1.29 is 14.3 Å². The van der Waals surface area contributed by atoms with E-state index in [9.17, 15) is 4.79 Å². The molecule has 2 atom stereocenters. The van der Waals surface area contributed by atoms with Gasteiger partial charge in [-0.05, 0) is 35.1 Å². The fourth-order valence-corrected chi connectivity index (χ4v) is 4.04. The van der Waals surface area contributed by atoms with Crippen LogP contribution in [0.1, 0.15) is 36.3 Å². The first-order valence-electron chi connectivity index (χ1n) is 9.45. The van der Waals surface area contributed by atoms with E-state index in [1.54, 1.807) is 0 Å². The van der Waals surface area contributed by atoms with Gasteiger partial charge >= 0.3 is 6.09 Å². The van der Waals surface area contributed by atoms with Crippen molar-refractivity contribution in [3.63, 3.8) is 0 Å². The molecule has 0 saturated carbocycles. The van der Waals surface area contributed by atoms with E-state index in [2.05, 4.69) is 35.5 Å². The Balaban J connectivity index is 1.39. The summed E-state index contributed by atoms with van der Waals surface area (Å²) in [7, 11) is 0. The van der Waals surface area contributed by atoms with E-state index < -0.39 is 6.09 Å². The molecule has 1 aliphatic heterocycles. The first-order valence-corrected chi connectivity index (χ1v) is 9.45. The van der Waals surface area contributed by atoms with Crippen LogP contribution in [0.5, 0.6) is 0 Å². The van der Waals surface area contributed by atoms with Gasteiger partial charge in [-0.15, -0.1) is 6.42 Å². The fourth-order valence-electron chi connectivity index (χ4n) is 4.04. The van der Waals surface area contributed by atoms with Crippen molar-refractivity contribution in [3.8, 4) is 23.5 Å². The SMILES string of the molecule is C#CC(CC1CCCO1)NC(=O)OCC1c2ccccc2-c2ccccc21. The predicted molar refractivity (Wildman–Crippen MR) is 104 cm³/mol. The number of benzene rings is 2. The van der Waals surface area contributed by atoms with Crippen LogP contribution in [-0.2, 0) is 9.47 Å². The lowest BCUT2D eigenvalue weighted by Crippen LogP contribution is -2.37. The van der Waals surface area contributed by atoms with Gasteiger partial charge in [0.15, 0.2) is 0 Å². The van der Waals surface area contributed by atoms with E-state index in [0.29, 0.717) is 6.42 Å². The largest absolute Gasteiger partial charge is 0.449 e. The molecule has 1 amide bonds. The van der Waals surface area contributed by atoms with Gasteiger partial charge in [0.05, 0.1) is 12.1 Å². The molecule has 2 aliphatic rings. The molecule has 1 aliphatic carbocycles. The molecule has 1 N–H and O–H groups in total. The molecule has 2 aromatic rings. The molecule has 27 heavy (non-hydrogen) atoms. The Labute approximate surface area is 159 Å². The monoisotopic (exact) mass is 361 g/mol. The number of carbonyl (C=O) groups is 1. The number of hydrogen-bond donors (Lipinski definition) is 1. The summed E-state index contributed by atoms with van der Waals surface area (Å²) >= 11 is 0. The number of nitrogens with one attached hydrogen (secondary N) is 1. The van der Waals surface area contributed by atoms with Crippen molar-refractivity contribution in [2.75, 3.05) is 13.2 Å². The summed E-state index contributed by atoms with van der Waals surface area (Å²) in [6, 6.07) is 16.2. The molecule has 0 radical (unpaired) electrons. The first-order chi connectivity index (χ1) is 13.3. The van der Waals surface area contributed by atoms with Gasteiger partial charge in [-0.2, -0.15) is 0 Å². The molecular weight excluding hydrogens is 338 g/mol. The highest BCUT2D eigenvalue weighted by atomic mass is 16.5. The maximum atomic E-state index is 12.3. The van der Waals surface area contributed by atoms with Crippen LogP contribution in [0.2, 0.25) is 0 Å². The average Bonchev–Trinajstić information content (AvgIpc) is 3.32. The Hall–Kier alpha value is -2.77. The normalized spacial score (nSPS) is 19.0. The molecule has 1 heterocycles. The summed E-state index contributed by atoms with van der Waals surface area (Å²) in [6.45, 7) is 1.06. The smallest absolute Gasteiger partial charge is 0.408 e. The highest BCUT2D eigenvalue weighted by Crippen LogP contribution is 2.44. The van der Waals surface area contributed by atoms with Crippen LogP contribution in [0.15, 0.2) is 48.5 Å². The molecule has 1 saturated heterocycles. The molecule has 4 nitrogen and oxygen atoms in total. The summed E-state index contributed by atoms with van der Waals surface area (Å²) in [5.41, 5.74) is 4.81. The first kappa shape index (κ1) is 17.6.